The van der Waals surface area contributed by atoms with Gasteiger partial charge in [0, 0.05) is 14.6 Å². The molecule has 0 aliphatic rings. The smallest absolute Gasteiger partial charge is 0.313 e. The molecule has 140 valence electrons. The third kappa shape index (κ3) is 4.98. The summed E-state index contributed by atoms with van der Waals surface area (Å²) in [6.07, 6.45) is 1.24. The van der Waals surface area contributed by atoms with Crippen molar-refractivity contribution < 1.29 is 14.7 Å². The van der Waals surface area contributed by atoms with E-state index >= 15 is 0 Å². The van der Waals surface area contributed by atoms with Crippen molar-refractivity contribution in [2.75, 3.05) is 11.6 Å². The molecule has 2 heterocycles. The first kappa shape index (κ1) is 19.6. The Hall–Kier alpha value is -2.13. The second-order valence-corrected chi connectivity index (χ2v) is 8.43. The van der Waals surface area contributed by atoms with Crippen LogP contribution in [0.25, 0.3) is 0 Å². The molecule has 2 amide bonds. The molecule has 3 rings (SSSR count). The van der Waals surface area contributed by atoms with Crippen molar-refractivity contribution in [1.29, 1.82) is 0 Å². The maximum atomic E-state index is 12.1. The highest BCUT2D eigenvalue weighted by molar-refractivity contribution is 7.98. The predicted molar refractivity (Wildman–Crippen MR) is 111 cm³/mol. The average Bonchev–Trinajstić information content (AvgIpc) is 3.38. The Morgan fingerprint density at radius 1 is 1.15 bits per heavy atom. The number of para-hydroxylation sites is 1. The van der Waals surface area contributed by atoms with Gasteiger partial charge in [-0.3, -0.25) is 9.59 Å². The van der Waals surface area contributed by atoms with Crippen molar-refractivity contribution in [2.45, 2.75) is 17.5 Å². The molecular formula is C19H18N2O3S3. The van der Waals surface area contributed by atoms with Crippen LogP contribution in [0.15, 0.2) is 58.1 Å². The van der Waals surface area contributed by atoms with Gasteiger partial charge in [0.15, 0.2) is 0 Å². The summed E-state index contributed by atoms with van der Waals surface area (Å²) in [7, 11) is 0. The van der Waals surface area contributed by atoms with Crippen LogP contribution in [-0.4, -0.2) is 23.2 Å². The molecule has 1 atom stereocenters. The largest absolute Gasteiger partial charge is 0.383 e. The van der Waals surface area contributed by atoms with Gasteiger partial charge in [-0.15, -0.1) is 23.1 Å². The lowest BCUT2D eigenvalue weighted by atomic mass is 10.2. The van der Waals surface area contributed by atoms with Gasteiger partial charge in [-0.2, -0.15) is 11.3 Å². The fourth-order valence-electron chi connectivity index (χ4n) is 2.41. The lowest BCUT2D eigenvalue weighted by molar-refractivity contribution is -0.136. The van der Waals surface area contributed by atoms with Crippen molar-refractivity contribution in [3.05, 3.63) is 68.5 Å². The average molecular weight is 419 g/mol. The van der Waals surface area contributed by atoms with Crippen LogP contribution >= 0.6 is 34.4 Å². The quantitative estimate of drug-likeness (QED) is 0.419. The Bertz CT molecular complexity index is 922. The number of carbonyl (C=O) groups is 2. The van der Waals surface area contributed by atoms with Crippen LogP contribution in [0.4, 0.5) is 5.69 Å². The number of anilines is 1. The van der Waals surface area contributed by atoms with Crippen LogP contribution in [0.3, 0.4) is 0 Å². The molecular weight excluding hydrogens is 400 g/mol. The summed E-state index contributed by atoms with van der Waals surface area (Å²) in [5.41, 5.74) is 1.46. The molecule has 27 heavy (non-hydrogen) atoms. The van der Waals surface area contributed by atoms with Gasteiger partial charge in [0.2, 0.25) is 0 Å². The third-order valence-corrected chi connectivity index (χ3v) is 6.43. The van der Waals surface area contributed by atoms with Crippen molar-refractivity contribution in [1.82, 2.24) is 5.32 Å². The van der Waals surface area contributed by atoms with Crippen molar-refractivity contribution in [3.63, 3.8) is 0 Å². The normalized spacial score (nSPS) is 11.8. The first-order valence-electron chi connectivity index (χ1n) is 8.09. The van der Waals surface area contributed by atoms with E-state index in [2.05, 4.69) is 10.6 Å². The summed E-state index contributed by atoms with van der Waals surface area (Å²) in [5, 5.41) is 19.4. The molecule has 0 saturated carbocycles. The van der Waals surface area contributed by atoms with Crippen LogP contribution in [0.5, 0.6) is 0 Å². The van der Waals surface area contributed by atoms with E-state index in [0.29, 0.717) is 5.69 Å². The second kappa shape index (κ2) is 9.18. The van der Waals surface area contributed by atoms with E-state index in [0.717, 1.165) is 20.2 Å². The molecule has 3 aromatic rings. The Morgan fingerprint density at radius 3 is 2.70 bits per heavy atom. The van der Waals surface area contributed by atoms with E-state index in [1.54, 1.807) is 12.1 Å². The Kier molecular flexibility index (Phi) is 6.68. The summed E-state index contributed by atoms with van der Waals surface area (Å²) in [4.78, 5) is 26.7. The molecule has 8 heteroatoms. The number of benzene rings is 1. The Morgan fingerprint density at radius 2 is 1.96 bits per heavy atom. The van der Waals surface area contributed by atoms with Gasteiger partial charge in [0.05, 0.1) is 12.2 Å². The van der Waals surface area contributed by atoms with Crippen LogP contribution in [0, 0.1) is 0 Å². The number of aliphatic hydroxyl groups is 1. The molecule has 0 fully saturated rings. The van der Waals surface area contributed by atoms with E-state index < -0.39 is 17.9 Å². The Balaban J connectivity index is 1.55. The molecule has 3 N–H and O–H groups in total. The van der Waals surface area contributed by atoms with E-state index in [-0.39, 0.29) is 6.54 Å². The minimum absolute atomic E-state index is 0.234. The lowest BCUT2D eigenvalue weighted by Crippen LogP contribution is -2.34. The summed E-state index contributed by atoms with van der Waals surface area (Å²) in [6.45, 7) is 0.234. The van der Waals surface area contributed by atoms with Crippen molar-refractivity contribution in [2.24, 2.45) is 0 Å². The number of rotatable bonds is 6. The number of nitrogens with one attached hydrogen (secondary N) is 2. The molecule has 5 nitrogen and oxygen atoms in total. The molecule has 0 radical (unpaired) electrons. The van der Waals surface area contributed by atoms with Crippen LogP contribution < -0.4 is 10.6 Å². The van der Waals surface area contributed by atoms with E-state index in [1.807, 2.05) is 47.3 Å². The topological polar surface area (TPSA) is 78.4 Å². The maximum Gasteiger partial charge on any atom is 0.313 e. The molecule has 0 aliphatic carbocycles. The van der Waals surface area contributed by atoms with Gasteiger partial charge in [-0.25, -0.2) is 0 Å². The number of thiophene rings is 2. The summed E-state index contributed by atoms with van der Waals surface area (Å²) in [5.74, 6) is -1.40. The molecule has 1 aromatic carbocycles. The van der Waals surface area contributed by atoms with E-state index in [9.17, 15) is 14.7 Å². The number of carbonyl (C=O) groups excluding carboxylic acids is 2. The standard InChI is InChI=1S/C19H18N2O3S3/c1-25-15-5-3-2-4-14(15)21-19(24)18(23)20-10-13-6-7-16(27-13)17(22)12-8-9-26-11-12/h2-9,11,17,22H,10H2,1H3,(H,20,23)(H,21,24). The monoisotopic (exact) mass is 418 g/mol. The predicted octanol–water partition coefficient (Wildman–Crippen LogP) is 3.87. The highest BCUT2D eigenvalue weighted by atomic mass is 32.2. The minimum atomic E-state index is -0.702. The van der Waals surface area contributed by atoms with Crippen LogP contribution in [0.1, 0.15) is 21.4 Å². The molecule has 0 aliphatic heterocycles. The van der Waals surface area contributed by atoms with Gasteiger partial charge in [0.1, 0.15) is 6.10 Å². The lowest BCUT2D eigenvalue weighted by Gasteiger charge is -2.09. The molecule has 1 unspecified atom stereocenters. The second-order valence-electron chi connectivity index (χ2n) is 5.60. The third-order valence-electron chi connectivity index (χ3n) is 3.80. The summed E-state index contributed by atoms with van der Waals surface area (Å²) >= 11 is 4.44. The van der Waals surface area contributed by atoms with Crippen LogP contribution in [-0.2, 0) is 16.1 Å². The van der Waals surface area contributed by atoms with Gasteiger partial charge < -0.3 is 15.7 Å². The van der Waals surface area contributed by atoms with Crippen molar-refractivity contribution >= 4 is 51.9 Å². The van der Waals surface area contributed by atoms with Gasteiger partial charge in [-0.1, -0.05) is 12.1 Å². The molecule has 0 bridgehead atoms. The summed E-state index contributed by atoms with van der Waals surface area (Å²) < 4.78 is 0. The first-order chi connectivity index (χ1) is 13.1. The van der Waals surface area contributed by atoms with Crippen LogP contribution in [0.2, 0.25) is 0 Å². The molecule has 2 aromatic heterocycles. The summed E-state index contributed by atoms with van der Waals surface area (Å²) in [6, 6.07) is 12.9. The molecule has 0 saturated heterocycles. The SMILES string of the molecule is CSc1ccccc1NC(=O)C(=O)NCc1ccc(C(O)c2ccsc2)s1. The van der Waals surface area contributed by atoms with E-state index in [1.165, 1.54) is 34.4 Å². The fraction of sp³-hybridized carbons (Fsp3) is 0.158. The van der Waals surface area contributed by atoms with Crippen molar-refractivity contribution in [3.8, 4) is 0 Å². The zero-order valence-corrected chi connectivity index (χ0v) is 16.9. The maximum absolute atomic E-state index is 12.1. The Labute approximate surface area is 169 Å². The minimum Gasteiger partial charge on any atom is -0.383 e. The zero-order chi connectivity index (χ0) is 19.2. The number of hydrogen-bond donors (Lipinski definition) is 3. The van der Waals surface area contributed by atoms with Gasteiger partial charge in [0.25, 0.3) is 0 Å². The fourth-order valence-corrected chi connectivity index (χ4v) is 4.61. The number of amides is 2. The number of aliphatic hydroxyl groups excluding tert-OH is 1. The first-order valence-corrected chi connectivity index (χ1v) is 11.1. The van der Waals surface area contributed by atoms with Gasteiger partial charge in [-0.05, 0) is 52.9 Å². The number of hydrogen-bond acceptors (Lipinski definition) is 6. The highest BCUT2D eigenvalue weighted by Crippen LogP contribution is 2.29. The number of thioether (sulfide) groups is 1. The zero-order valence-electron chi connectivity index (χ0n) is 14.5. The van der Waals surface area contributed by atoms with Gasteiger partial charge >= 0.3 is 11.8 Å². The highest BCUT2D eigenvalue weighted by Gasteiger charge is 2.17. The van der Waals surface area contributed by atoms with E-state index in [4.69, 9.17) is 0 Å². The molecule has 0 spiro atoms.